The lowest BCUT2D eigenvalue weighted by Gasteiger charge is -2.08. The van der Waals surface area contributed by atoms with Crippen molar-refractivity contribution in [3.8, 4) is 5.75 Å². The number of nitrogens with zero attached hydrogens (tertiary/aromatic N) is 1. The minimum Gasteiger partial charge on any atom is -0.487 e. The maximum absolute atomic E-state index is 8.98. The van der Waals surface area contributed by atoms with E-state index < -0.39 is 0 Å². The normalized spacial score (nSPS) is 10.3. The topological polar surface area (TPSA) is 54.4 Å². The zero-order chi connectivity index (χ0) is 14.2. The molecule has 2 aromatic rings. The highest BCUT2D eigenvalue weighted by Gasteiger charge is 2.00. The van der Waals surface area contributed by atoms with Crippen LogP contribution >= 0.6 is 0 Å². The first kappa shape index (κ1) is 14.3. The lowest BCUT2D eigenvalue weighted by molar-refractivity contribution is 0.280. The highest BCUT2D eigenvalue weighted by molar-refractivity contribution is 5.35. The van der Waals surface area contributed by atoms with Crippen LogP contribution in [0.4, 0.5) is 5.82 Å². The molecule has 106 valence electrons. The van der Waals surface area contributed by atoms with E-state index in [0.29, 0.717) is 6.61 Å². The quantitative estimate of drug-likeness (QED) is 0.813. The largest absolute Gasteiger partial charge is 0.487 e. The van der Waals surface area contributed by atoms with Crippen molar-refractivity contribution in [2.75, 3.05) is 11.9 Å². The molecule has 0 amide bonds. The van der Waals surface area contributed by atoms with E-state index in [0.717, 1.165) is 35.8 Å². The van der Waals surface area contributed by atoms with Gasteiger partial charge in [-0.1, -0.05) is 25.1 Å². The molecule has 0 saturated carbocycles. The van der Waals surface area contributed by atoms with E-state index in [-0.39, 0.29) is 6.61 Å². The summed E-state index contributed by atoms with van der Waals surface area (Å²) in [6.07, 6.45) is 1.07. The number of nitrogens with one attached hydrogen (secondary N) is 1. The second-order valence-electron chi connectivity index (χ2n) is 4.53. The van der Waals surface area contributed by atoms with Gasteiger partial charge in [0, 0.05) is 6.54 Å². The Morgan fingerprint density at radius 1 is 1.15 bits per heavy atom. The number of aliphatic hydroxyl groups excluding tert-OH is 1. The molecule has 4 nitrogen and oxygen atoms in total. The van der Waals surface area contributed by atoms with E-state index in [1.54, 1.807) is 0 Å². The first-order valence-electron chi connectivity index (χ1n) is 6.84. The van der Waals surface area contributed by atoms with Crippen molar-refractivity contribution >= 4 is 5.82 Å². The van der Waals surface area contributed by atoms with Gasteiger partial charge in [-0.05, 0) is 36.2 Å². The van der Waals surface area contributed by atoms with Crippen LogP contribution in [0, 0.1) is 0 Å². The number of hydrogen-bond acceptors (Lipinski definition) is 4. The Kier molecular flexibility index (Phi) is 5.38. The molecule has 0 aliphatic heterocycles. The molecule has 0 aliphatic carbocycles. The fourth-order valence-corrected chi connectivity index (χ4v) is 1.76. The van der Waals surface area contributed by atoms with Gasteiger partial charge in [0.2, 0.25) is 0 Å². The first-order valence-corrected chi connectivity index (χ1v) is 6.84. The van der Waals surface area contributed by atoms with E-state index in [9.17, 15) is 0 Å². The van der Waals surface area contributed by atoms with Crippen LogP contribution in [0.15, 0.2) is 42.5 Å². The molecule has 0 unspecified atom stereocenters. The summed E-state index contributed by atoms with van der Waals surface area (Å²) in [7, 11) is 0. The maximum Gasteiger partial charge on any atom is 0.130 e. The molecular weight excluding hydrogens is 252 g/mol. The van der Waals surface area contributed by atoms with Gasteiger partial charge in [-0.2, -0.15) is 0 Å². The third-order valence-corrected chi connectivity index (χ3v) is 2.86. The SMILES string of the molecule is CCCNc1cccc(COc2ccc(CO)cc2)n1. The van der Waals surface area contributed by atoms with E-state index >= 15 is 0 Å². The summed E-state index contributed by atoms with van der Waals surface area (Å²) in [6.45, 7) is 3.52. The fraction of sp³-hybridized carbons (Fsp3) is 0.312. The summed E-state index contributed by atoms with van der Waals surface area (Å²) in [5, 5.41) is 12.2. The van der Waals surface area contributed by atoms with E-state index in [2.05, 4.69) is 17.2 Å². The number of anilines is 1. The summed E-state index contributed by atoms with van der Waals surface area (Å²) in [5.74, 6) is 1.65. The van der Waals surface area contributed by atoms with Crippen LogP contribution in [-0.4, -0.2) is 16.6 Å². The zero-order valence-electron chi connectivity index (χ0n) is 11.7. The number of benzene rings is 1. The highest BCUT2D eigenvalue weighted by atomic mass is 16.5. The Morgan fingerprint density at radius 3 is 2.65 bits per heavy atom. The highest BCUT2D eigenvalue weighted by Crippen LogP contribution is 2.14. The van der Waals surface area contributed by atoms with E-state index in [1.807, 2.05) is 42.5 Å². The van der Waals surface area contributed by atoms with Gasteiger partial charge in [-0.15, -0.1) is 0 Å². The zero-order valence-corrected chi connectivity index (χ0v) is 11.7. The molecule has 0 saturated heterocycles. The van der Waals surface area contributed by atoms with Gasteiger partial charge in [-0.3, -0.25) is 0 Å². The van der Waals surface area contributed by atoms with Crippen LogP contribution in [0.1, 0.15) is 24.6 Å². The number of hydrogen-bond donors (Lipinski definition) is 2. The molecule has 0 spiro atoms. The average molecular weight is 272 g/mol. The van der Waals surface area contributed by atoms with Crippen molar-refractivity contribution in [1.29, 1.82) is 0 Å². The Morgan fingerprint density at radius 2 is 1.95 bits per heavy atom. The smallest absolute Gasteiger partial charge is 0.130 e. The van der Waals surface area contributed by atoms with Crippen LogP contribution in [0.3, 0.4) is 0 Å². The van der Waals surface area contributed by atoms with Gasteiger partial charge in [0.25, 0.3) is 0 Å². The van der Waals surface area contributed by atoms with Crippen LogP contribution in [0.25, 0.3) is 0 Å². The molecule has 2 N–H and O–H groups in total. The molecule has 0 atom stereocenters. The first-order chi connectivity index (χ1) is 9.81. The predicted molar refractivity (Wildman–Crippen MR) is 79.7 cm³/mol. The van der Waals surface area contributed by atoms with E-state index in [1.165, 1.54) is 0 Å². The third-order valence-electron chi connectivity index (χ3n) is 2.86. The number of ether oxygens (including phenoxy) is 1. The maximum atomic E-state index is 8.98. The molecule has 1 aromatic carbocycles. The summed E-state index contributed by atoms with van der Waals surface area (Å²) in [6, 6.07) is 13.3. The molecular formula is C16H20N2O2. The number of rotatable bonds is 7. The van der Waals surface area contributed by atoms with Crippen molar-refractivity contribution < 1.29 is 9.84 Å². The Balaban J connectivity index is 1.92. The summed E-state index contributed by atoms with van der Waals surface area (Å²) >= 11 is 0. The molecule has 2 rings (SSSR count). The summed E-state index contributed by atoms with van der Waals surface area (Å²) in [4.78, 5) is 4.48. The minimum atomic E-state index is 0.0486. The molecule has 1 aromatic heterocycles. The monoisotopic (exact) mass is 272 g/mol. The van der Waals surface area contributed by atoms with E-state index in [4.69, 9.17) is 9.84 Å². The van der Waals surface area contributed by atoms with Gasteiger partial charge < -0.3 is 15.2 Å². The molecule has 0 aliphatic rings. The van der Waals surface area contributed by atoms with Gasteiger partial charge in [0.05, 0.1) is 12.3 Å². The van der Waals surface area contributed by atoms with Gasteiger partial charge in [-0.25, -0.2) is 4.98 Å². The lowest BCUT2D eigenvalue weighted by Crippen LogP contribution is -2.04. The molecule has 20 heavy (non-hydrogen) atoms. The van der Waals surface area contributed by atoms with Crippen molar-refractivity contribution in [3.05, 3.63) is 53.7 Å². The molecule has 4 heteroatoms. The Labute approximate surface area is 119 Å². The van der Waals surface area contributed by atoms with Crippen molar-refractivity contribution in [1.82, 2.24) is 4.98 Å². The second kappa shape index (κ2) is 7.50. The Bertz CT molecular complexity index is 526. The van der Waals surface area contributed by atoms with Crippen molar-refractivity contribution in [2.24, 2.45) is 0 Å². The van der Waals surface area contributed by atoms with Crippen LogP contribution < -0.4 is 10.1 Å². The fourth-order valence-electron chi connectivity index (χ4n) is 1.76. The second-order valence-corrected chi connectivity index (χ2v) is 4.53. The number of pyridine rings is 1. The molecule has 0 radical (unpaired) electrons. The molecule has 1 heterocycles. The Hall–Kier alpha value is -2.07. The third kappa shape index (κ3) is 4.24. The van der Waals surface area contributed by atoms with Crippen molar-refractivity contribution in [2.45, 2.75) is 26.6 Å². The molecule has 0 bridgehead atoms. The van der Waals surface area contributed by atoms with Gasteiger partial charge >= 0.3 is 0 Å². The summed E-state index contributed by atoms with van der Waals surface area (Å²) < 4.78 is 5.68. The molecule has 0 fully saturated rings. The summed E-state index contributed by atoms with van der Waals surface area (Å²) in [5.41, 5.74) is 1.76. The minimum absolute atomic E-state index is 0.0486. The van der Waals surface area contributed by atoms with Gasteiger partial charge in [0.1, 0.15) is 18.2 Å². The van der Waals surface area contributed by atoms with Crippen LogP contribution in [0.5, 0.6) is 5.75 Å². The van der Waals surface area contributed by atoms with Crippen molar-refractivity contribution in [3.63, 3.8) is 0 Å². The average Bonchev–Trinajstić information content (AvgIpc) is 2.52. The van der Waals surface area contributed by atoms with Crippen LogP contribution in [-0.2, 0) is 13.2 Å². The predicted octanol–water partition coefficient (Wildman–Crippen LogP) is 2.97. The number of aromatic nitrogens is 1. The van der Waals surface area contributed by atoms with Crippen LogP contribution in [0.2, 0.25) is 0 Å². The van der Waals surface area contributed by atoms with Gasteiger partial charge in [0.15, 0.2) is 0 Å². The lowest BCUT2D eigenvalue weighted by atomic mass is 10.2. The standard InChI is InChI=1S/C16H20N2O2/c1-2-10-17-16-5-3-4-14(18-16)12-20-15-8-6-13(11-19)7-9-15/h3-9,19H,2,10-12H2,1H3,(H,17,18). The number of aliphatic hydroxyl groups is 1.